The van der Waals surface area contributed by atoms with E-state index in [4.69, 9.17) is 14.2 Å². The Balaban J connectivity index is 1.80. The molecule has 2 aromatic rings. The molecular weight excluding hydrogens is 336 g/mol. The van der Waals surface area contributed by atoms with Gasteiger partial charge < -0.3 is 24.4 Å². The lowest BCUT2D eigenvalue weighted by Crippen LogP contribution is -2.19. The second-order valence-corrected chi connectivity index (χ2v) is 7.40. The molecule has 26 heavy (non-hydrogen) atoms. The van der Waals surface area contributed by atoms with Gasteiger partial charge in [0.1, 0.15) is 19.3 Å². The fraction of sp³-hybridized carbons (Fsp3) is 0.421. The fourth-order valence-electron chi connectivity index (χ4n) is 4.59. The highest BCUT2D eigenvalue weighted by molar-refractivity contribution is 5.68. The number of hydrogen-bond donors (Lipinski definition) is 2. The molecule has 0 radical (unpaired) electrons. The van der Waals surface area contributed by atoms with Gasteiger partial charge in [0.15, 0.2) is 11.5 Å². The highest BCUT2D eigenvalue weighted by Gasteiger charge is 2.59. The Morgan fingerprint density at radius 2 is 1.58 bits per heavy atom. The minimum atomic E-state index is -0.624. The monoisotopic (exact) mass is 354 g/mol. The van der Waals surface area contributed by atoms with E-state index in [0.29, 0.717) is 47.1 Å². The first-order valence-corrected chi connectivity index (χ1v) is 8.60. The van der Waals surface area contributed by atoms with Crippen LogP contribution >= 0.6 is 0 Å². The van der Waals surface area contributed by atoms with Crippen LogP contribution in [0.5, 0.6) is 23.3 Å². The predicted molar refractivity (Wildman–Crippen MR) is 89.8 cm³/mol. The van der Waals surface area contributed by atoms with Crippen LogP contribution in [0.1, 0.15) is 43.4 Å². The van der Waals surface area contributed by atoms with E-state index >= 15 is 0 Å². The zero-order valence-corrected chi connectivity index (χ0v) is 14.5. The number of hydrogen-bond acceptors (Lipinski definition) is 6. The number of nitrogens with zero attached hydrogens (tertiary/aromatic N) is 2. The molecule has 3 aliphatic rings. The summed E-state index contributed by atoms with van der Waals surface area (Å²) >= 11 is 0. The minimum Gasteiger partial charge on any atom is -0.494 e. The summed E-state index contributed by atoms with van der Waals surface area (Å²) in [4.78, 5) is 0. The molecule has 0 spiro atoms. The van der Waals surface area contributed by atoms with Crippen molar-refractivity contribution in [3.8, 4) is 35.0 Å². The van der Waals surface area contributed by atoms with Crippen LogP contribution in [-0.4, -0.2) is 28.0 Å². The fourth-order valence-corrected chi connectivity index (χ4v) is 4.59. The average Bonchev–Trinajstić information content (AvgIpc) is 3.18. The maximum atomic E-state index is 11.0. The Morgan fingerprint density at radius 3 is 2.15 bits per heavy atom. The lowest BCUT2D eigenvalue weighted by atomic mass is 9.80. The van der Waals surface area contributed by atoms with E-state index in [1.165, 1.54) is 4.57 Å². The third-order valence-corrected chi connectivity index (χ3v) is 5.74. The summed E-state index contributed by atoms with van der Waals surface area (Å²) in [7, 11) is 0. The van der Waals surface area contributed by atoms with E-state index in [0.717, 1.165) is 12.8 Å². The Morgan fingerprint density at radius 1 is 1.00 bits per heavy atom. The van der Waals surface area contributed by atoms with Gasteiger partial charge in [-0.15, -0.1) is 0 Å². The molecule has 1 aromatic carbocycles. The number of aromatic hydroxyl groups is 2. The maximum absolute atomic E-state index is 11.0. The zero-order chi connectivity index (χ0) is 18.3. The van der Waals surface area contributed by atoms with Crippen molar-refractivity contribution in [1.29, 1.82) is 5.26 Å². The third kappa shape index (κ3) is 1.65. The molecule has 0 saturated carbocycles. The lowest BCUT2D eigenvalue weighted by molar-refractivity contribution is -0.0683. The molecule has 3 aliphatic heterocycles. The van der Waals surface area contributed by atoms with Gasteiger partial charge in [-0.05, 0) is 38.8 Å². The van der Waals surface area contributed by atoms with Crippen LogP contribution in [0.3, 0.4) is 0 Å². The lowest BCUT2D eigenvalue weighted by Gasteiger charge is -2.24. The number of fused-ring (bicyclic) bond motifs is 6. The second kappa shape index (κ2) is 4.65. The van der Waals surface area contributed by atoms with E-state index in [-0.39, 0.29) is 11.8 Å². The quantitative estimate of drug-likeness (QED) is 0.817. The zero-order valence-electron chi connectivity index (χ0n) is 14.5. The van der Waals surface area contributed by atoms with Crippen LogP contribution in [-0.2, 0) is 15.9 Å². The Kier molecular flexibility index (Phi) is 2.76. The number of aromatic nitrogens is 1. The van der Waals surface area contributed by atoms with Crippen molar-refractivity contribution in [2.75, 3.05) is 13.2 Å². The summed E-state index contributed by atoms with van der Waals surface area (Å²) < 4.78 is 18.8. The van der Waals surface area contributed by atoms with Gasteiger partial charge in [-0.3, -0.25) is 0 Å². The average molecular weight is 354 g/mol. The topological polar surface area (TPSA) is 96.9 Å². The first-order chi connectivity index (χ1) is 12.4. The number of nitriles is 1. The summed E-state index contributed by atoms with van der Waals surface area (Å²) in [6.07, 6.45) is 1.55. The maximum Gasteiger partial charge on any atom is 0.205 e. The van der Waals surface area contributed by atoms with Crippen LogP contribution < -0.4 is 9.47 Å². The van der Waals surface area contributed by atoms with Gasteiger partial charge in [0.25, 0.3) is 0 Å². The van der Waals surface area contributed by atoms with Gasteiger partial charge in [0.2, 0.25) is 11.8 Å². The van der Waals surface area contributed by atoms with E-state index in [9.17, 15) is 15.5 Å². The van der Waals surface area contributed by atoms with Crippen LogP contribution in [0, 0.1) is 11.3 Å². The molecule has 5 rings (SSSR count). The van der Waals surface area contributed by atoms with Crippen molar-refractivity contribution >= 4 is 0 Å². The summed E-state index contributed by atoms with van der Waals surface area (Å²) in [6.45, 7) is 4.54. The molecule has 0 unspecified atom stereocenters. The van der Waals surface area contributed by atoms with E-state index in [1.54, 1.807) is 12.1 Å². The summed E-state index contributed by atoms with van der Waals surface area (Å²) in [5, 5.41) is 31.2. The van der Waals surface area contributed by atoms with Crippen molar-refractivity contribution in [3.63, 3.8) is 0 Å². The third-order valence-electron chi connectivity index (χ3n) is 5.74. The molecule has 2 bridgehead atoms. The molecule has 134 valence electrons. The number of rotatable bonds is 1. The van der Waals surface area contributed by atoms with Crippen LogP contribution in [0.25, 0.3) is 5.69 Å². The highest BCUT2D eigenvalue weighted by atomic mass is 16.6. The van der Waals surface area contributed by atoms with Gasteiger partial charge in [0, 0.05) is 0 Å². The Hall–Kier alpha value is -2.85. The second-order valence-electron chi connectivity index (χ2n) is 7.40. The molecule has 2 N–H and O–H groups in total. The van der Waals surface area contributed by atoms with E-state index < -0.39 is 11.2 Å². The molecule has 2 atom stereocenters. The molecule has 4 heterocycles. The van der Waals surface area contributed by atoms with Gasteiger partial charge in [-0.2, -0.15) is 5.26 Å². The molecule has 7 nitrogen and oxygen atoms in total. The standard InChI is InChI=1S/C19H18N2O5/c1-18-5-6-19(2,26-18)13-12(18)16(22)21(17(13)23)11-4-3-10(9-20)14-15(11)25-8-7-24-14/h3-4,22-23H,5-8H2,1-2H3/t18-,19+. The van der Waals surface area contributed by atoms with Gasteiger partial charge >= 0.3 is 0 Å². The molecule has 7 heteroatoms. The first-order valence-electron chi connectivity index (χ1n) is 8.60. The van der Waals surface area contributed by atoms with Crippen molar-refractivity contribution in [2.24, 2.45) is 0 Å². The first kappa shape index (κ1) is 15.4. The SMILES string of the molecule is C[C@]12CC[C@](C)(O1)c1c2c(O)n(-c2ccc(C#N)c3c2OCCO3)c1O. The molecule has 1 saturated heterocycles. The Bertz CT molecular complexity index is 965. The summed E-state index contributed by atoms with van der Waals surface area (Å²) in [6, 6.07) is 5.32. The van der Waals surface area contributed by atoms with Crippen LogP contribution in [0.2, 0.25) is 0 Å². The smallest absolute Gasteiger partial charge is 0.205 e. The molecular formula is C19H18N2O5. The summed E-state index contributed by atoms with van der Waals surface area (Å²) in [5.41, 5.74) is 0.790. The van der Waals surface area contributed by atoms with Crippen LogP contribution in [0.4, 0.5) is 0 Å². The van der Waals surface area contributed by atoms with Gasteiger partial charge in [0.05, 0.1) is 33.6 Å². The van der Waals surface area contributed by atoms with Crippen molar-refractivity contribution < 1.29 is 24.4 Å². The van der Waals surface area contributed by atoms with Gasteiger partial charge in [-0.25, -0.2) is 4.57 Å². The van der Waals surface area contributed by atoms with E-state index in [2.05, 4.69) is 6.07 Å². The molecule has 0 aliphatic carbocycles. The normalized spacial score (nSPS) is 28.0. The largest absolute Gasteiger partial charge is 0.494 e. The van der Waals surface area contributed by atoms with Crippen molar-refractivity contribution in [1.82, 2.24) is 4.57 Å². The molecule has 0 amide bonds. The van der Waals surface area contributed by atoms with Crippen molar-refractivity contribution in [2.45, 2.75) is 37.9 Å². The van der Waals surface area contributed by atoms with E-state index in [1.807, 2.05) is 13.8 Å². The number of ether oxygens (including phenoxy) is 3. The highest BCUT2D eigenvalue weighted by Crippen LogP contribution is 2.64. The molecule has 1 fully saturated rings. The molecule has 1 aromatic heterocycles. The van der Waals surface area contributed by atoms with Crippen molar-refractivity contribution in [3.05, 3.63) is 28.8 Å². The number of benzene rings is 1. The predicted octanol–water partition coefficient (Wildman–Crippen LogP) is 2.79. The van der Waals surface area contributed by atoms with Crippen LogP contribution in [0.15, 0.2) is 12.1 Å². The summed E-state index contributed by atoms with van der Waals surface area (Å²) in [5.74, 6) is 0.549. The van der Waals surface area contributed by atoms with Gasteiger partial charge in [-0.1, -0.05) is 0 Å². The Labute approximate surface area is 149 Å². The minimum absolute atomic E-state index is 0.0653.